The summed E-state index contributed by atoms with van der Waals surface area (Å²) < 4.78 is 25.6. The minimum atomic E-state index is -0.471. The number of phenols is 1. The third-order valence-corrected chi connectivity index (χ3v) is 6.44. The topological polar surface area (TPSA) is 82.6 Å². The first kappa shape index (κ1) is 21.7. The van der Waals surface area contributed by atoms with Gasteiger partial charge in [0.1, 0.15) is 17.2 Å². The zero-order valence-electron chi connectivity index (χ0n) is 18.5. The number of H-pyrrole nitrogens is 1. The van der Waals surface area contributed by atoms with Crippen LogP contribution in [0.2, 0.25) is 0 Å². The van der Waals surface area contributed by atoms with Gasteiger partial charge in [-0.05, 0) is 37.1 Å². The fourth-order valence-corrected chi connectivity index (χ4v) is 4.65. The van der Waals surface area contributed by atoms with Crippen molar-refractivity contribution in [2.75, 3.05) is 19.7 Å². The van der Waals surface area contributed by atoms with Crippen molar-refractivity contribution in [3.63, 3.8) is 0 Å². The SMILES string of the molecule is Oc1cc(OCC2CNN(C3CCCCC3)C2)ccc1-c1[nH]ncc1Oc1ccccc1F. The van der Waals surface area contributed by atoms with Gasteiger partial charge in [0.05, 0.1) is 12.8 Å². The largest absolute Gasteiger partial charge is 0.507 e. The molecule has 2 fully saturated rings. The van der Waals surface area contributed by atoms with Crippen molar-refractivity contribution in [1.82, 2.24) is 20.6 Å². The number of hydrazine groups is 1. The van der Waals surface area contributed by atoms with E-state index in [-0.39, 0.29) is 11.5 Å². The number of aromatic hydroxyl groups is 1. The number of nitrogens with one attached hydrogen (secondary N) is 2. The van der Waals surface area contributed by atoms with Gasteiger partial charge in [0.15, 0.2) is 17.3 Å². The Morgan fingerprint density at radius 3 is 2.76 bits per heavy atom. The second-order valence-corrected chi connectivity index (χ2v) is 8.80. The number of nitrogens with zero attached hydrogens (tertiary/aromatic N) is 2. The maximum absolute atomic E-state index is 14.0. The van der Waals surface area contributed by atoms with Crippen molar-refractivity contribution in [2.45, 2.75) is 38.1 Å². The lowest BCUT2D eigenvalue weighted by Gasteiger charge is -2.30. The van der Waals surface area contributed by atoms with Gasteiger partial charge in [0.2, 0.25) is 0 Å². The van der Waals surface area contributed by atoms with Gasteiger partial charge in [-0.15, -0.1) is 0 Å². The van der Waals surface area contributed by atoms with Gasteiger partial charge in [-0.3, -0.25) is 10.5 Å². The molecule has 1 saturated carbocycles. The minimum Gasteiger partial charge on any atom is -0.507 e. The number of phenolic OH excluding ortho intramolecular Hbond substituents is 1. The van der Waals surface area contributed by atoms with Crippen LogP contribution >= 0.6 is 0 Å². The maximum Gasteiger partial charge on any atom is 0.173 e. The number of halogens is 1. The Hall–Kier alpha value is -3.10. The Balaban J connectivity index is 1.21. The Labute approximate surface area is 192 Å². The van der Waals surface area contributed by atoms with E-state index in [4.69, 9.17) is 9.47 Å². The predicted molar refractivity (Wildman–Crippen MR) is 123 cm³/mol. The summed E-state index contributed by atoms with van der Waals surface area (Å²) in [4.78, 5) is 0. The predicted octanol–water partition coefficient (Wildman–Crippen LogP) is 4.86. The molecule has 5 rings (SSSR count). The fourth-order valence-electron chi connectivity index (χ4n) is 4.65. The molecule has 0 bridgehead atoms. The van der Waals surface area contributed by atoms with E-state index in [0.717, 1.165) is 13.1 Å². The first-order valence-corrected chi connectivity index (χ1v) is 11.6. The van der Waals surface area contributed by atoms with E-state index in [0.29, 0.717) is 41.3 Å². The molecule has 1 atom stereocenters. The second-order valence-electron chi connectivity index (χ2n) is 8.80. The van der Waals surface area contributed by atoms with Crippen LogP contribution in [-0.2, 0) is 0 Å². The molecule has 8 heteroatoms. The first-order valence-electron chi connectivity index (χ1n) is 11.6. The summed E-state index contributed by atoms with van der Waals surface area (Å²) in [6.07, 6.45) is 7.98. The summed E-state index contributed by atoms with van der Waals surface area (Å²) in [7, 11) is 0. The minimum absolute atomic E-state index is 0.0310. The molecular weight excluding hydrogens is 423 g/mol. The van der Waals surface area contributed by atoms with Crippen LogP contribution in [0.15, 0.2) is 48.7 Å². The summed E-state index contributed by atoms with van der Waals surface area (Å²) in [5, 5.41) is 19.8. The summed E-state index contributed by atoms with van der Waals surface area (Å²) in [5.74, 6) is 0.978. The lowest BCUT2D eigenvalue weighted by molar-refractivity contribution is 0.130. The summed E-state index contributed by atoms with van der Waals surface area (Å²) in [5.41, 5.74) is 4.49. The van der Waals surface area contributed by atoms with Gasteiger partial charge in [0.25, 0.3) is 0 Å². The van der Waals surface area contributed by atoms with Crippen LogP contribution in [0.25, 0.3) is 11.3 Å². The van der Waals surface area contributed by atoms with Crippen molar-refractivity contribution in [2.24, 2.45) is 5.92 Å². The van der Waals surface area contributed by atoms with Gasteiger partial charge in [-0.25, -0.2) is 9.40 Å². The van der Waals surface area contributed by atoms with Crippen molar-refractivity contribution >= 4 is 0 Å². The van der Waals surface area contributed by atoms with Gasteiger partial charge < -0.3 is 14.6 Å². The van der Waals surface area contributed by atoms with Crippen LogP contribution in [0, 0.1) is 11.7 Å². The Bertz CT molecular complexity index is 1080. The number of hydrogen-bond donors (Lipinski definition) is 3. The highest BCUT2D eigenvalue weighted by molar-refractivity contribution is 5.73. The van der Waals surface area contributed by atoms with E-state index >= 15 is 0 Å². The lowest BCUT2D eigenvalue weighted by atomic mass is 9.95. The van der Waals surface area contributed by atoms with Crippen molar-refractivity contribution in [3.8, 4) is 34.3 Å². The monoisotopic (exact) mass is 452 g/mol. The highest BCUT2D eigenvalue weighted by atomic mass is 19.1. The molecule has 0 spiro atoms. The maximum atomic E-state index is 14.0. The number of para-hydroxylation sites is 1. The van der Waals surface area contributed by atoms with E-state index < -0.39 is 5.82 Å². The van der Waals surface area contributed by atoms with Crippen LogP contribution in [0.3, 0.4) is 0 Å². The zero-order chi connectivity index (χ0) is 22.6. The number of ether oxygens (including phenoxy) is 2. The van der Waals surface area contributed by atoms with E-state index in [1.165, 1.54) is 50.4 Å². The van der Waals surface area contributed by atoms with E-state index in [2.05, 4.69) is 20.6 Å². The van der Waals surface area contributed by atoms with Crippen LogP contribution < -0.4 is 14.9 Å². The molecule has 174 valence electrons. The first-order chi connectivity index (χ1) is 16.2. The average Bonchev–Trinajstić information content (AvgIpc) is 3.50. The Kier molecular flexibility index (Phi) is 6.46. The molecule has 1 unspecified atom stereocenters. The fraction of sp³-hybridized carbons (Fsp3) is 0.400. The third-order valence-electron chi connectivity index (χ3n) is 6.44. The molecule has 7 nitrogen and oxygen atoms in total. The van der Waals surface area contributed by atoms with E-state index in [1.54, 1.807) is 24.3 Å². The number of hydrogen-bond acceptors (Lipinski definition) is 6. The number of benzene rings is 2. The van der Waals surface area contributed by atoms with Gasteiger partial charge >= 0.3 is 0 Å². The molecule has 2 heterocycles. The Morgan fingerprint density at radius 1 is 1.09 bits per heavy atom. The molecule has 1 aromatic heterocycles. The molecule has 0 radical (unpaired) electrons. The highest BCUT2D eigenvalue weighted by Crippen LogP contribution is 2.38. The van der Waals surface area contributed by atoms with Crippen molar-refractivity contribution < 1.29 is 19.0 Å². The molecule has 2 aliphatic rings. The molecule has 1 aliphatic carbocycles. The van der Waals surface area contributed by atoms with Gasteiger partial charge in [0, 0.05) is 36.7 Å². The second kappa shape index (κ2) is 9.80. The summed E-state index contributed by atoms with van der Waals surface area (Å²) >= 11 is 0. The van der Waals surface area contributed by atoms with Crippen molar-refractivity contribution in [3.05, 3.63) is 54.5 Å². The smallest absolute Gasteiger partial charge is 0.173 e. The molecule has 33 heavy (non-hydrogen) atoms. The van der Waals surface area contributed by atoms with Gasteiger partial charge in [-0.2, -0.15) is 5.10 Å². The highest BCUT2D eigenvalue weighted by Gasteiger charge is 2.29. The van der Waals surface area contributed by atoms with E-state index in [1.807, 2.05) is 6.07 Å². The van der Waals surface area contributed by atoms with Crippen LogP contribution in [0.1, 0.15) is 32.1 Å². The number of rotatable bonds is 7. The third kappa shape index (κ3) is 4.96. The quantitative estimate of drug-likeness (QED) is 0.475. The molecular formula is C25H29FN4O3. The molecule has 3 aromatic rings. The lowest BCUT2D eigenvalue weighted by Crippen LogP contribution is -2.41. The van der Waals surface area contributed by atoms with Crippen molar-refractivity contribution in [1.29, 1.82) is 0 Å². The number of aromatic nitrogens is 2. The van der Waals surface area contributed by atoms with Crippen LogP contribution in [-0.4, -0.2) is 46.1 Å². The molecule has 2 aromatic carbocycles. The van der Waals surface area contributed by atoms with Crippen LogP contribution in [0.4, 0.5) is 4.39 Å². The standard InChI is InChI=1S/C25H29FN4O3/c26-21-8-4-5-9-23(21)33-24-14-27-29-25(24)20-11-10-19(12-22(20)31)32-16-17-13-28-30(15-17)18-6-2-1-3-7-18/h4-5,8-12,14,17-18,28,31H,1-3,6-7,13,15-16H2,(H,27,29). The average molecular weight is 453 g/mol. The van der Waals surface area contributed by atoms with E-state index in [9.17, 15) is 9.50 Å². The zero-order valence-corrected chi connectivity index (χ0v) is 18.5. The molecule has 0 amide bonds. The summed E-state index contributed by atoms with van der Waals surface area (Å²) in [6, 6.07) is 11.9. The molecule has 1 aliphatic heterocycles. The molecule has 1 saturated heterocycles. The Morgan fingerprint density at radius 2 is 1.94 bits per heavy atom. The van der Waals surface area contributed by atoms with Crippen LogP contribution in [0.5, 0.6) is 23.0 Å². The normalized spacial score (nSPS) is 19.6. The summed E-state index contributed by atoms with van der Waals surface area (Å²) in [6.45, 7) is 2.48. The number of aromatic amines is 1. The van der Waals surface area contributed by atoms with Gasteiger partial charge in [-0.1, -0.05) is 31.4 Å². The molecule has 3 N–H and O–H groups in total.